The minimum Gasteiger partial charge on any atom is -0.493 e. The first kappa shape index (κ1) is 20.4. The molecule has 8 nitrogen and oxygen atoms in total. The van der Waals surface area contributed by atoms with E-state index in [0.29, 0.717) is 6.54 Å². The van der Waals surface area contributed by atoms with E-state index in [4.69, 9.17) is 21.1 Å². The Labute approximate surface area is 156 Å². The molecule has 0 spiro atoms. The third-order valence-corrected chi connectivity index (χ3v) is 5.37. The topological polar surface area (TPSA) is 108 Å². The quantitative estimate of drug-likeness (QED) is 0.558. The van der Waals surface area contributed by atoms with Crippen LogP contribution in [0.25, 0.3) is 0 Å². The molecule has 10 heteroatoms. The van der Waals surface area contributed by atoms with Gasteiger partial charge < -0.3 is 14.6 Å². The van der Waals surface area contributed by atoms with Crippen LogP contribution in [0.5, 0.6) is 5.88 Å². The standard InChI is InChI=1S/C16H19ClN2O6S/c1-5-19-15(21)10(8-18-19)14(20)9-6-7-11(26(4,22)23)12(13(9)17)16(24-2)25-3/h6-8,16,21H,5H2,1-4H3. The number of hydrogen-bond acceptors (Lipinski definition) is 7. The van der Waals surface area contributed by atoms with E-state index >= 15 is 0 Å². The van der Waals surface area contributed by atoms with Crippen molar-refractivity contribution in [2.75, 3.05) is 20.5 Å². The molecule has 0 fully saturated rings. The Balaban J connectivity index is 2.69. The number of hydrogen-bond donors (Lipinski definition) is 1. The van der Waals surface area contributed by atoms with Crippen molar-refractivity contribution in [2.24, 2.45) is 0 Å². The summed E-state index contributed by atoms with van der Waals surface area (Å²) in [6, 6.07) is 2.55. The van der Waals surface area contributed by atoms with Gasteiger partial charge in [0.1, 0.15) is 5.56 Å². The highest BCUT2D eigenvalue weighted by molar-refractivity contribution is 7.90. The average molecular weight is 403 g/mol. The summed E-state index contributed by atoms with van der Waals surface area (Å²) in [5, 5.41) is 13.9. The van der Waals surface area contributed by atoms with Gasteiger partial charge in [-0.1, -0.05) is 11.6 Å². The number of aromatic nitrogens is 2. The lowest BCUT2D eigenvalue weighted by molar-refractivity contribution is -0.107. The van der Waals surface area contributed by atoms with E-state index < -0.39 is 21.9 Å². The van der Waals surface area contributed by atoms with Crippen molar-refractivity contribution in [3.63, 3.8) is 0 Å². The van der Waals surface area contributed by atoms with Crippen molar-refractivity contribution in [2.45, 2.75) is 24.7 Å². The number of aryl methyl sites for hydroxylation is 1. The van der Waals surface area contributed by atoms with Crippen molar-refractivity contribution in [1.29, 1.82) is 0 Å². The zero-order valence-corrected chi connectivity index (χ0v) is 16.3. The molecule has 0 unspecified atom stereocenters. The Morgan fingerprint density at radius 1 is 1.31 bits per heavy atom. The highest BCUT2D eigenvalue weighted by atomic mass is 35.5. The number of aromatic hydroxyl groups is 1. The normalized spacial score (nSPS) is 11.9. The number of sulfone groups is 1. The molecule has 142 valence electrons. The molecule has 0 aliphatic heterocycles. The molecule has 2 aromatic rings. The molecule has 1 aromatic heterocycles. The zero-order valence-electron chi connectivity index (χ0n) is 14.7. The summed E-state index contributed by atoms with van der Waals surface area (Å²) in [5.74, 6) is -0.892. The number of benzene rings is 1. The van der Waals surface area contributed by atoms with Crippen molar-refractivity contribution < 1.29 is 27.8 Å². The second-order valence-electron chi connectivity index (χ2n) is 5.44. The summed E-state index contributed by atoms with van der Waals surface area (Å²) in [7, 11) is -1.01. The summed E-state index contributed by atoms with van der Waals surface area (Å²) >= 11 is 6.36. The van der Waals surface area contributed by atoms with Crippen LogP contribution in [0.1, 0.15) is 34.7 Å². The second-order valence-corrected chi connectivity index (χ2v) is 7.80. The van der Waals surface area contributed by atoms with E-state index in [2.05, 4.69) is 5.10 Å². The molecule has 26 heavy (non-hydrogen) atoms. The monoisotopic (exact) mass is 402 g/mol. The summed E-state index contributed by atoms with van der Waals surface area (Å²) in [4.78, 5) is 12.7. The maximum Gasteiger partial charge on any atom is 0.220 e. The predicted molar refractivity (Wildman–Crippen MR) is 94.3 cm³/mol. The van der Waals surface area contributed by atoms with Gasteiger partial charge in [0.05, 0.1) is 16.1 Å². The van der Waals surface area contributed by atoms with Gasteiger partial charge in [0, 0.05) is 38.1 Å². The number of rotatable bonds is 7. The first-order valence-corrected chi connectivity index (χ1v) is 9.81. The highest BCUT2D eigenvalue weighted by Gasteiger charge is 2.29. The lowest BCUT2D eigenvalue weighted by atomic mass is 10.0. The molecule has 1 heterocycles. The van der Waals surface area contributed by atoms with Crippen LogP contribution in [0.15, 0.2) is 23.2 Å². The van der Waals surface area contributed by atoms with Gasteiger partial charge in [-0.05, 0) is 19.1 Å². The van der Waals surface area contributed by atoms with Gasteiger partial charge in [-0.3, -0.25) is 4.79 Å². The van der Waals surface area contributed by atoms with Crippen LogP contribution in [0.3, 0.4) is 0 Å². The number of ketones is 1. The van der Waals surface area contributed by atoms with Crippen LogP contribution in [0, 0.1) is 0 Å². The lowest BCUT2D eigenvalue weighted by Gasteiger charge is -2.20. The van der Waals surface area contributed by atoms with Crippen LogP contribution in [0.2, 0.25) is 5.02 Å². The third-order valence-electron chi connectivity index (χ3n) is 3.80. The van der Waals surface area contributed by atoms with Crippen LogP contribution >= 0.6 is 11.6 Å². The van der Waals surface area contributed by atoms with Gasteiger partial charge in [-0.25, -0.2) is 13.1 Å². The zero-order chi connectivity index (χ0) is 19.6. The molecular formula is C16H19ClN2O6S. The van der Waals surface area contributed by atoms with Crippen molar-refractivity contribution in [3.8, 4) is 5.88 Å². The molecule has 0 aliphatic rings. The minimum atomic E-state index is -3.66. The van der Waals surface area contributed by atoms with Gasteiger partial charge in [-0.2, -0.15) is 5.10 Å². The third kappa shape index (κ3) is 3.61. The first-order valence-electron chi connectivity index (χ1n) is 7.54. The summed E-state index contributed by atoms with van der Waals surface area (Å²) in [6.45, 7) is 2.13. The van der Waals surface area contributed by atoms with Gasteiger partial charge in [0.15, 0.2) is 16.1 Å². The molecule has 0 bridgehead atoms. The van der Waals surface area contributed by atoms with E-state index in [1.54, 1.807) is 6.92 Å². The molecule has 0 saturated carbocycles. The lowest BCUT2D eigenvalue weighted by Crippen LogP contribution is -2.14. The van der Waals surface area contributed by atoms with Crippen LogP contribution in [-0.2, 0) is 25.9 Å². The van der Waals surface area contributed by atoms with E-state index in [-0.39, 0.29) is 32.5 Å². The van der Waals surface area contributed by atoms with E-state index in [0.717, 1.165) is 6.26 Å². The summed E-state index contributed by atoms with van der Waals surface area (Å²) in [6.07, 6.45) is 1.15. The Bertz CT molecular complexity index is 934. The maximum absolute atomic E-state index is 12.8. The van der Waals surface area contributed by atoms with Gasteiger partial charge >= 0.3 is 0 Å². The average Bonchev–Trinajstić information content (AvgIpc) is 2.96. The molecule has 0 saturated heterocycles. The van der Waals surface area contributed by atoms with Crippen molar-refractivity contribution in [1.82, 2.24) is 9.78 Å². The molecular weight excluding hydrogens is 384 g/mol. The highest BCUT2D eigenvalue weighted by Crippen LogP contribution is 2.36. The van der Waals surface area contributed by atoms with E-state index in [9.17, 15) is 18.3 Å². The minimum absolute atomic E-state index is 0.000815. The number of halogens is 1. The fraction of sp³-hybridized carbons (Fsp3) is 0.375. The van der Waals surface area contributed by atoms with Crippen LogP contribution in [-0.4, -0.2) is 49.6 Å². The number of carbonyl (C=O) groups is 1. The molecule has 0 radical (unpaired) electrons. The summed E-state index contributed by atoms with van der Waals surface area (Å²) in [5.41, 5.74) is -0.0234. The summed E-state index contributed by atoms with van der Waals surface area (Å²) < 4.78 is 35.7. The molecule has 2 rings (SSSR count). The predicted octanol–water partition coefficient (Wildman–Crippen LogP) is 2.19. The van der Waals surface area contributed by atoms with E-state index in [1.807, 2.05) is 0 Å². The van der Waals surface area contributed by atoms with Crippen LogP contribution < -0.4 is 0 Å². The maximum atomic E-state index is 12.8. The molecule has 1 N–H and O–H groups in total. The number of methoxy groups -OCH3 is 2. The second kappa shape index (κ2) is 7.75. The van der Waals surface area contributed by atoms with Gasteiger partial charge in [0.2, 0.25) is 11.7 Å². The SMILES string of the molecule is CCn1ncc(C(=O)c2ccc(S(C)(=O)=O)c(C(OC)OC)c2Cl)c1O. The van der Waals surface area contributed by atoms with E-state index in [1.165, 1.54) is 37.2 Å². The molecule has 0 aliphatic carbocycles. The molecule has 0 atom stereocenters. The Kier molecular flexibility index (Phi) is 6.07. The first-order chi connectivity index (χ1) is 12.2. The van der Waals surface area contributed by atoms with Crippen LogP contribution in [0.4, 0.5) is 0 Å². The largest absolute Gasteiger partial charge is 0.493 e. The Morgan fingerprint density at radius 2 is 1.92 bits per heavy atom. The number of ether oxygens (including phenoxy) is 2. The Morgan fingerprint density at radius 3 is 2.38 bits per heavy atom. The number of nitrogens with zero attached hydrogens (tertiary/aromatic N) is 2. The van der Waals surface area contributed by atoms with Gasteiger partial charge in [0.25, 0.3) is 0 Å². The van der Waals surface area contributed by atoms with Crippen molar-refractivity contribution in [3.05, 3.63) is 40.0 Å². The fourth-order valence-corrected chi connectivity index (χ4v) is 3.85. The van der Waals surface area contributed by atoms with Crippen molar-refractivity contribution >= 4 is 27.2 Å². The smallest absolute Gasteiger partial charge is 0.220 e. The molecule has 1 aromatic carbocycles. The Hall–Kier alpha value is -1.94. The van der Waals surface area contributed by atoms with Gasteiger partial charge in [-0.15, -0.1) is 0 Å². The molecule has 0 amide bonds. The number of carbonyl (C=O) groups excluding carboxylic acids is 1. The fourth-order valence-electron chi connectivity index (χ4n) is 2.54.